The van der Waals surface area contributed by atoms with Gasteiger partial charge in [-0.1, -0.05) is 62.3 Å². The Hall–Kier alpha value is -1.09. The van der Waals surface area contributed by atoms with Gasteiger partial charge in [-0.15, -0.1) is 0 Å². The van der Waals surface area contributed by atoms with Gasteiger partial charge in [-0.2, -0.15) is 4.98 Å². The smallest absolute Gasteiger partial charge is 0.353 e. The second kappa shape index (κ2) is 11.0. The van der Waals surface area contributed by atoms with Crippen LogP contribution in [-0.4, -0.2) is 62.8 Å². The fourth-order valence-corrected chi connectivity index (χ4v) is 17.0. The zero-order valence-corrected chi connectivity index (χ0v) is 25.6. The zero-order chi connectivity index (χ0) is 27.1. The van der Waals surface area contributed by atoms with Gasteiger partial charge in [-0.25, -0.2) is 4.79 Å². The van der Waals surface area contributed by atoms with Crippen molar-refractivity contribution in [2.24, 2.45) is 0 Å². The molecule has 11 heteroatoms. The maximum absolute atomic E-state index is 13.0. The Morgan fingerprint density at radius 2 is 1.67 bits per heavy atom. The molecule has 36 heavy (non-hydrogen) atoms. The van der Waals surface area contributed by atoms with Crippen LogP contribution in [0.2, 0.25) is 22.2 Å². The highest BCUT2D eigenvalue weighted by atomic mass is 28.5. The van der Waals surface area contributed by atoms with Gasteiger partial charge in [0.05, 0.1) is 13.2 Å². The number of ether oxygens (including phenoxy) is 2. The third kappa shape index (κ3) is 4.88. The van der Waals surface area contributed by atoms with Gasteiger partial charge >= 0.3 is 22.8 Å². The monoisotopic (exact) mass is 542 g/mol. The highest BCUT2D eigenvalue weighted by Crippen LogP contribution is 2.51. The standard InChI is InChI=1S/C25H46N2O7Si2/c1-11-25(29)22-20(32-23(25)27-14-13-21(30-12-2)26-24(27)28)15-31-35(16(3)4,17(5)6)34-36(33-22,18(7)8)19(9)10/h13-14,16-20,22-23,29H,11-12,15H2,1-10H3/t20-,22-,23-,25-/m1/s1. The third-order valence-electron chi connectivity index (χ3n) is 7.80. The van der Waals surface area contributed by atoms with Crippen LogP contribution < -0.4 is 10.4 Å². The second-order valence-corrected chi connectivity index (χ2v) is 20.1. The molecule has 0 aliphatic carbocycles. The molecule has 0 unspecified atom stereocenters. The largest absolute Gasteiger partial charge is 0.478 e. The van der Waals surface area contributed by atoms with Gasteiger partial charge in [-0.3, -0.25) is 4.57 Å². The van der Waals surface area contributed by atoms with Crippen molar-refractivity contribution in [3.8, 4) is 5.88 Å². The number of hydrogen-bond acceptors (Lipinski definition) is 8. The van der Waals surface area contributed by atoms with E-state index in [2.05, 4.69) is 60.4 Å². The van der Waals surface area contributed by atoms with Crippen LogP contribution in [0.3, 0.4) is 0 Å². The summed E-state index contributed by atoms with van der Waals surface area (Å²) in [6.07, 6.45) is -0.366. The maximum Gasteiger partial charge on any atom is 0.353 e. The van der Waals surface area contributed by atoms with Crippen molar-refractivity contribution in [1.29, 1.82) is 0 Å². The minimum absolute atomic E-state index is 0.110. The van der Waals surface area contributed by atoms with Crippen LogP contribution in [-0.2, 0) is 17.7 Å². The van der Waals surface area contributed by atoms with Crippen LogP contribution in [0, 0.1) is 0 Å². The first kappa shape index (κ1) is 29.5. The summed E-state index contributed by atoms with van der Waals surface area (Å²) in [5, 5.41) is 12.1. The first-order valence-corrected chi connectivity index (χ1v) is 17.3. The first-order chi connectivity index (χ1) is 16.8. The topological polar surface area (TPSA) is 101 Å². The van der Waals surface area contributed by atoms with E-state index in [1.54, 1.807) is 12.3 Å². The average molecular weight is 543 g/mol. The molecule has 0 bridgehead atoms. The summed E-state index contributed by atoms with van der Waals surface area (Å²) in [4.78, 5) is 17.0. The molecule has 2 aliphatic heterocycles. The highest BCUT2D eigenvalue weighted by Gasteiger charge is 2.65. The van der Waals surface area contributed by atoms with E-state index >= 15 is 0 Å². The molecule has 0 radical (unpaired) electrons. The number of hydrogen-bond donors (Lipinski definition) is 1. The summed E-state index contributed by atoms with van der Waals surface area (Å²) < 4.78 is 34.3. The molecular weight excluding hydrogens is 496 g/mol. The zero-order valence-electron chi connectivity index (χ0n) is 23.6. The Morgan fingerprint density at radius 1 is 1.08 bits per heavy atom. The predicted octanol–water partition coefficient (Wildman–Crippen LogP) is 4.64. The van der Waals surface area contributed by atoms with E-state index in [0.717, 1.165) is 0 Å². The van der Waals surface area contributed by atoms with Crippen molar-refractivity contribution < 1.29 is 27.5 Å². The summed E-state index contributed by atoms with van der Waals surface area (Å²) >= 11 is 0. The van der Waals surface area contributed by atoms with Crippen LogP contribution in [0.25, 0.3) is 0 Å². The van der Waals surface area contributed by atoms with E-state index in [1.807, 2.05) is 13.8 Å². The van der Waals surface area contributed by atoms with Gasteiger partial charge in [0, 0.05) is 12.3 Å². The summed E-state index contributed by atoms with van der Waals surface area (Å²) in [5.74, 6) is 0.242. The molecule has 206 valence electrons. The third-order valence-corrected chi connectivity index (χ3v) is 18.0. The molecule has 3 heterocycles. The van der Waals surface area contributed by atoms with Gasteiger partial charge in [-0.05, 0) is 35.5 Å². The van der Waals surface area contributed by atoms with Crippen molar-refractivity contribution in [2.75, 3.05) is 13.2 Å². The molecule has 1 aromatic rings. The normalized spacial score (nSPS) is 30.0. The summed E-state index contributed by atoms with van der Waals surface area (Å²) in [5.41, 5.74) is -1.41. The van der Waals surface area contributed by atoms with E-state index in [-0.39, 0.29) is 34.7 Å². The molecule has 0 aromatic carbocycles. The molecule has 0 spiro atoms. The molecule has 3 rings (SSSR count). The van der Waals surface area contributed by atoms with E-state index in [9.17, 15) is 9.90 Å². The Balaban J connectivity index is 2.14. The summed E-state index contributed by atoms with van der Waals surface area (Å²) in [6.45, 7) is 21.6. The van der Waals surface area contributed by atoms with Crippen molar-refractivity contribution >= 4 is 17.1 Å². The number of fused-ring (bicyclic) bond motifs is 1. The maximum atomic E-state index is 13.0. The van der Waals surface area contributed by atoms with Crippen LogP contribution >= 0.6 is 0 Å². The van der Waals surface area contributed by atoms with Gasteiger partial charge < -0.3 is 27.5 Å². The molecule has 1 N–H and O–H groups in total. The Labute approximate surface area is 218 Å². The minimum atomic E-state index is -2.96. The van der Waals surface area contributed by atoms with Crippen LogP contribution in [0.4, 0.5) is 0 Å². The molecule has 1 aromatic heterocycles. The van der Waals surface area contributed by atoms with E-state index in [1.165, 1.54) is 4.57 Å². The van der Waals surface area contributed by atoms with Gasteiger partial charge in [0.25, 0.3) is 0 Å². The van der Waals surface area contributed by atoms with Crippen LogP contribution in [0.5, 0.6) is 5.88 Å². The molecule has 0 saturated carbocycles. The van der Waals surface area contributed by atoms with Gasteiger partial charge in [0.2, 0.25) is 5.88 Å². The van der Waals surface area contributed by atoms with E-state index < -0.39 is 46.8 Å². The lowest BCUT2D eigenvalue weighted by Crippen LogP contribution is -2.67. The lowest BCUT2D eigenvalue weighted by molar-refractivity contribution is -0.111. The molecule has 4 atom stereocenters. The summed E-state index contributed by atoms with van der Waals surface area (Å²) in [7, 11) is -5.71. The van der Waals surface area contributed by atoms with Crippen molar-refractivity contribution in [1.82, 2.24) is 9.55 Å². The van der Waals surface area contributed by atoms with Crippen molar-refractivity contribution in [2.45, 2.75) is 122 Å². The minimum Gasteiger partial charge on any atom is -0.478 e. The van der Waals surface area contributed by atoms with Gasteiger partial charge in [0.1, 0.15) is 17.8 Å². The fraction of sp³-hybridized carbons (Fsp3) is 0.840. The fourth-order valence-electron chi connectivity index (χ4n) is 5.73. The number of aromatic nitrogens is 2. The van der Waals surface area contributed by atoms with Crippen LogP contribution in [0.1, 0.15) is 81.9 Å². The van der Waals surface area contributed by atoms with Crippen molar-refractivity contribution in [3.05, 3.63) is 22.7 Å². The first-order valence-electron chi connectivity index (χ1n) is 13.4. The molecule has 9 nitrogen and oxygen atoms in total. The predicted molar refractivity (Wildman–Crippen MR) is 143 cm³/mol. The van der Waals surface area contributed by atoms with Crippen LogP contribution in [0.15, 0.2) is 17.1 Å². The lowest BCUT2D eigenvalue weighted by atomic mass is 9.91. The Kier molecular flexibility index (Phi) is 8.97. The summed E-state index contributed by atoms with van der Waals surface area (Å²) in [6, 6.07) is 1.61. The second-order valence-electron chi connectivity index (χ2n) is 11.3. The Bertz CT molecular complexity index is 939. The van der Waals surface area contributed by atoms with Gasteiger partial charge in [0.15, 0.2) is 6.23 Å². The van der Waals surface area contributed by atoms with Crippen molar-refractivity contribution in [3.63, 3.8) is 0 Å². The average Bonchev–Trinajstić information content (AvgIpc) is 3.04. The molecule has 2 saturated heterocycles. The lowest BCUT2D eigenvalue weighted by Gasteiger charge is -2.52. The SMILES string of the molecule is CCOc1ccn([C@@H]2O[C@@H]3CO[Si](C(C)C)(C(C)C)O[Si](C(C)C)(C(C)C)O[C@H]3[C@]2(O)CC)c(=O)n1. The molecule has 2 aliphatic rings. The Morgan fingerprint density at radius 3 is 2.14 bits per heavy atom. The number of rotatable bonds is 8. The number of aliphatic hydroxyl groups is 1. The molecule has 0 amide bonds. The van der Waals surface area contributed by atoms with E-state index in [4.69, 9.17) is 22.4 Å². The molecular formula is C25H46N2O7Si2. The molecule has 2 fully saturated rings. The number of nitrogens with zero attached hydrogens (tertiary/aromatic N) is 2. The highest BCUT2D eigenvalue weighted by molar-refractivity contribution is 6.84. The quantitative estimate of drug-likeness (QED) is 0.474. The van der Waals surface area contributed by atoms with E-state index in [0.29, 0.717) is 13.0 Å².